The van der Waals surface area contributed by atoms with Gasteiger partial charge in [-0.25, -0.2) is 0 Å². The third-order valence-electron chi connectivity index (χ3n) is 3.62. The van der Waals surface area contributed by atoms with Gasteiger partial charge in [0.1, 0.15) is 5.41 Å². The van der Waals surface area contributed by atoms with Crippen LogP contribution in [0.4, 0.5) is 0 Å². The second kappa shape index (κ2) is 5.02. The van der Waals surface area contributed by atoms with Gasteiger partial charge in [-0.3, -0.25) is 4.79 Å². The molecule has 1 unspecified atom stereocenters. The normalized spacial score (nSPS) is 21.8. The van der Waals surface area contributed by atoms with Crippen LogP contribution in [-0.4, -0.2) is 5.78 Å². The van der Waals surface area contributed by atoms with Gasteiger partial charge in [0.05, 0.1) is 12.1 Å². The first-order valence-corrected chi connectivity index (χ1v) is 6.14. The number of nitrogens with zero attached hydrogens (tertiary/aromatic N) is 2. The molecule has 0 saturated heterocycles. The number of rotatable bonds is 3. The average molecular weight is 238 g/mol. The number of carbonyl (C=O) groups excluding carboxylic acids is 1. The fourth-order valence-corrected chi connectivity index (χ4v) is 2.55. The molecule has 0 amide bonds. The van der Waals surface area contributed by atoms with Gasteiger partial charge >= 0.3 is 0 Å². The standard InChI is InChI=1S/C15H14N2O/c16-10-4-3-8-15(11-17)9-7-12-5-1-2-6-13(12)14(15)18/h1-2,5-6H,3-4,7-9H2. The fourth-order valence-electron chi connectivity index (χ4n) is 2.55. The summed E-state index contributed by atoms with van der Waals surface area (Å²) in [7, 11) is 0. The number of unbranched alkanes of at least 4 members (excludes halogenated alkanes) is 1. The first kappa shape index (κ1) is 12.3. The lowest BCUT2D eigenvalue weighted by Crippen LogP contribution is -2.34. The molecule has 0 saturated carbocycles. The molecule has 18 heavy (non-hydrogen) atoms. The molecule has 0 bridgehead atoms. The first-order chi connectivity index (χ1) is 8.73. The van der Waals surface area contributed by atoms with Crippen molar-refractivity contribution < 1.29 is 4.79 Å². The molecule has 90 valence electrons. The molecular formula is C15H14N2O. The monoisotopic (exact) mass is 238 g/mol. The molecule has 0 N–H and O–H groups in total. The lowest BCUT2D eigenvalue weighted by molar-refractivity contribution is 0.0821. The predicted molar refractivity (Wildman–Crippen MR) is 66.6 cm³/mol. The van der Waals surface area contributed by atoms with E-state index in [0.717, 1.165) is 12.0 Å². The summed E-state index contributed by atoms with van der Waals surface area (Å²) < 4.78 is 0. The number of nitriles is 2. The molecule has 1 aromatic rings. The molecule has 0 spiro atoms. The molecule has 3 nitrogen and oxygen atoms in total. The average Bonchev–Trinajstić information content (AvgIpc) is 2.42. The van der Waals surface area contributed by atoms with Gasteiger partial charge in [-0.1, -0.05) is 24.3 Å². The Balaban J connectivity index is 2.28. The summed E-state index contributed by atoms with van der Waals surface area (Å²) in [4.78, 5) is 12.5. The van der Waals surface area contributed by atoms with E-state index in [4.69, 9.17) is 5.26 Å². The van der Waals surface area contributed by atoms with Gasteiger partial charge in [0.15, 0.2) is 5.78 Å². The van der Waals surface area contributed by atoms with Crippen molar-refractivity contribution in [3.8, 4) is 12.1 Å². The number of hydrogen-bond donors (Lipinski definition) is 0. The molecule has 0 fully saturated rings. The summed E-state index contributed by atoms with van der Waals surface area (Å²) >= 11 is 0. The Morgan fingerprint density at radius 3 is 2.78 bits per heavy atom. The second-order valence-corrected chi connectivity index (χ2v) is 4.69. The van der Waals surface area contributed by atoms with Crippen LogP contribution < -0.4 is 0 Å². The van der Waals surface area contributed by atoms with Crippen LogP contribution in [0.5, 0.6) is 0 Å². The summed E-state index contributed by atoms with van der Waals surface area (Å²) in [5, 5.41) is 17.9. The van der Waals surface area contributed by atoms with E-state index in [0.29, 0.717) is 31.2 Å². The van der Waals surface area contributed by atoms with Gasteiger partial charge < -0.3 is 0 Å². The maximum absolute atomic E-state index is 12.5. The van der Waals surface area contributed by atoms with E-state index in [2.05, 4.69) is 12.1 Å². The van der Waals surface area contributed by atoms with E-state index >= 15 is 0 Å². The van der Waals surface area contributed by atoms with Crippen LogP contribution in [0.25, 0.3) is 0 Å². The number of hydrogen-bond acceptors (Lipinski definition) is 3. The Hall–Kier alpha value is -2.13. The summed E-state index contributed by atoms with van der Waals surface area (Å²) in [6.45, 7) is 0. The Kier molecular flexibility index (Phi) is 3.44. The maximum atomic E-state index is 12.5. The topological polar surface area (TPSA) is 64.7 Å². The van der Waals surface area contributed by atoms with Crippen LogP contribution in [0.3, 0.4) is 0 Å². The molecule has 0 aromatic heterocycles. The Labute approximate surface area is 107 Å². The minimum atomic E-state index is -0.912. The number of benzene rings is 1. The second-order valence-electron chi connectivity index (χ2n) is 4.69. The van der Waals surface area contributed by atoms with Gasteiger partial charge in [-0.05, 0) is 31.2 Å². The number of aryl methyl sites for hydroxylation is 1. The number of Topliss-reactive ketones (excluding diaryl/α,β-unsaturated/α-hetero) is 1. The van der Waals surface area contributed by atoms with Gasteiger partial charge in [0, 0.05) is 12.0 Å². The number of ketones is 1. The minimum absolute atomic E-state index is 0.0650. The van der Waals surface area contributed by atoms with Crippen molar-refractivity contribution in [1.29, 1.82) is 10.5 Å². The molecule has 1 atom stereocenters. The van der Waals surface area contributed by atoms with Gasteiger partial charge in [0.25, 0.3) is 0 Å². The predicted octanol–water partition coefficient (Wildman–Crippen LogP) is 3.02. The third kappa shape index (κ3) is 2.00. The fraction of sp³-hybridized carbons (Fsp3) is 0.400. The SMILES string of the molecule is N#CCCCC1(C#N)CCc2ccccc2C1=O. The summed E-state index contributed by atoms with van der Waals surface area (Å²) in [5.41, 5.74) is 0.807. The van der Waals surface area contributed by atoms with Crippen molar-refractivity contribution in [3.63, 3.8) is 0 Å². The van der Waals surface area contributed by atoms with Gasteiger partial charge in [-0.15, -0.1) is 0 Å². The summed E-state index contributed by atoms with van der Waals surface area (Å²) in [6.07, 6.45) is 2.84. The number of carbonyl (C=O) groups is 1. The van der Waals surface area contributed by atoms with Crippen molar-refractivity contribution in [2.45, 2.75) is 32.1 Å². The first-order valence-electron chi connectivity index (χ1n) is 6.14. The molecule has 0 aliphatic heterocycles. The summed E-state index contributed by atoms with van der Waals surface area (Å²) in [5.74, 6) is -0.0650. The van der Waals surface area contributed by atoms with Crippen LogP contribution >= 0.6 is 0 Å². The number of fused-ring (bicyclic) bond motifs is 1. The van der Waals surface area contributed by atoms with Crippen molar-refractivity contribution >= 4 is 5.78 Å². The quantitative estimate of drug-likeness (QED) is 0.760. The molecule has 2 rings (SSSR count). The molecule has 1 aliphatic carbocycles. The lowest BCUT2D eigenvalue weighted by atomic mass is 9.69. The Bertz CT molecular complexity index is 550. The van der Waals surface area contributed by atoms with Gasteiger partial charge in [-0.2, -0.15) is 10.5 Å². The van der Waals surface area contributed by atoms with E-state index in [1.165, 1.54) is 0 Å². The highest BCUT2D eigenvalue weighted by atomic mass is 16.1. The molecule has 1 aromatic carbocycles. The molecule has 1 aliphatic rings. The van der Waals surface area contributed by atoms with Crippen molar-refractivity contribution in [2.24, 2.45) is 5.41 Å². The smallest absolute Gasteiger partial charge is 0.183 e. The van der Waals surface area contributed by atoms with Crippen LogP contribution in [-0.2, 0) is 6.42 Å². The zero-order valence-electron chi connectivity index (χ0n) is 10.1. The van der Waals surface area contributed by atoms with Crippen LogP contribution in [0.15, 0.2) is 24.3 Å². The zero-order chi connectivity index (χ0) is 13.0. The minimum Gasteiger partial charge on any atom is -0.292 e. The van der Waals surface area contributed by atoms with Crippen molar-refractivity contribution in [3.05, 3.63) is 35.4 Å². The van der Waals surface area contributed by atoms with Crippen LogP contribution in [0, 0.1) is 28.1 Å². The van der Waals surface area contributed by atoms with E-state index in [9.17, 15) is 10.1 Å². The van der Waals surface area contributed by atoms with E-state index < -0.39 is 5.41 Å². The zero-order valence-corrected chi connectivity index (χ0v) is 10.1. The van der Waals surface area contributed by atoms with E-state index in [-0.39, 0.29) is 5.78 Å². The highest BCUT2D eigenvalue weighted by molar-refractivity contribution is 6.04. The molecule has 3 heteroatoms. The third-order valence-corrected chi connectivity index (χ3v) is 3.62. The summed E-state index contributed by atoms with van der Waals surface area (Å²) in [6, 6.07) is 11.8. The molecular weight excluding hydrogens is 224 g/mol. The highest BCUT2D eigenvalue weighted by Gasteiger charge is 2.42. The van der Waals surface area contributed by atoms with E-state index in [1.54, 1.807) is 6.07 Å². The Morgan fingerprint density at radius 1 is 1.28 bits per heavy atom. The largest absolute Gasteiger partial charge is 0.292 e. The van der Waals surface area contributed by atoms with E-state index in [1.807, 2.05) is 18.2 Å². The van der Waals surface area contributed by atoms with Crippen LogP contribution in [0.1, 0.15) is 41.6 Å². The van der Waals surface area contributed by atoms with Crippen molar-refractivity contribution in [2.75, 3.05) is 0 Å². The molecule has 0 radical (unpaired) electrons. The lowest BCUT2D eigenvalue weighted by Gasteiger charge is -2.30. The maximum Gasteiger partial charge on any atom is 0.183 e. The van der Waals surface area contributed by atoms with Crippen LogP contribution in [0.2, 0.25) is 0 Å². The van der Waals surface area contributed by atoms with Crippen molar-refractivity contribution in [1.82, 2.24) is 0 Å². The molecule has 0 heterocycles. The van der Waals surface area contributed by atoms with Gasteiger partial charge in [0.2, 0.25) is 0 Å². The Morgan fingerprint density at radius 2 is 2.06 bits per heavy atom. The highest BCUT2D eigenvalue weighted by Crippen LogP contribution is 2.38.